The standard InChI is InChI=1S/C17H24N4O9S2/c1-3-20(4-2)32(28,29)13-5-6-15(14(9-13)21(24)25)30-10-16(22)19-17(23)18-12-7-8-31(26,27)11-12/h5-6,9,12H,3-4,7-8,10-11H2,1-2H3,(H2,18,19,22,23). The Bertz CT molecular complexity index is 1100. The van der Waals surface area contributed by atoms with Crippen LogP contribution in [0.4, 0.5) is 10.5 Å². The molecule has 2 N–H and O–H groups in total. The van der Waals surface area contributed by atoms with Gasteiger partial charge >= 0.3 is 11.7 Å². The van der Waals surface area contributed by atoms with Crippen LogP contribution in [-0.4, -0.2) is 75.2 Å². The molecule has 1 heterocycles. The van der Waals surface area contributed by atoms with Crippen molar-refractivity contribution in [2.75, 3.05) is 31.2 Å². The van der Waals surface area contributed by atoms with Crippen molar-refractivity contribution < 1.29 is 36.1 Å². The van der Waals surface area contributed by atoms with Gasteiger partial charge in [0.25, 0.3) is 5.91 Å². The Labute approximate surface area is 185 Å². The first kappa shape index (κ1) is 25.5. The zero-order valence-corrected chi connectivity index (χ0v) is 19.1. The maximum atomic E-state index is 12.6. The Hall–Kier alpha value is -2.78. The molecule has 1 atom stereocenters. The number of hydrogen-bond acceptors (Lipinski definition) is 9. The summed E-state index contributed by atoms with van der Waals surface area (Å²) in [4.78, 5) is 34.0. The third-order valence-electron chi connectivity index (χ3n) is 4.65. The van der Waals surface area contributed by atoms with E-state index in [1.807, 2.05) is 5.32 Å². The number of nitro groups is 1. The lowest BCUT2D eigenvalue weighted by Crippen LogP contribution is -2.46. The van der Waals surface area contributed by atoms with Gasteiger partial charge in [0, 0.05) is 25.2 Å². The third-order valence-corrected chi connectivity index (χ3v) is 8.46. The number of sulfone groups is 1. The first-order chi connectivity index (χ1) is 14.9. The van der Waals surface area contributed by atoms with Crippen LogP contribution in [0.25, 0.3) is 0 Å². The molecule has 15 heteroatoms. The van der Waals surface area contributed by atoms with Crippen LogP contribution in [0.1, 0.15) is 20.3 Å². The van der Waals surface area contributed by atoms with E-state index < -0.39 is 55.1 Å². The Morgan fingerprint density at radius 1 is 1.28 bits per heavy atom. The number of ether oxygens (including phenoxy) is 1. The van der Waals surface area contributed by atoms with E-state index in [9.17, 15) is 36.5 Å². The third kappa shape index (κ3) is 6.37. The Kier molecular flexibility index (Phi) is 8.14. The molecule has 32 heavy (non-hydrogen) atoms. The molecule has 0 aliphatic carbocycles. The predicted molar refractivity (Wildman–Crippen MR) is 112 cm³/mol. The monoisotopic (exact) mass is 492 g/mol. The number of carbonyl (C=O) groups excluding carboxylic acids is 2. The van der Waals surface area contributed by atoms with Gasteiger partial charge in [0.1, 0.15) is 0 Å². The van der Waals surface area contributed by atoms with Crippen LogP contribution in [0, 0.1) is 10.1 Å². The SMILES string of the molecule is CCN(CC)S(=O)(=O)c1ccc(OCC(=O)NC(=O)NC2CCS(=O)(=O)C2)c([N+](=O)[O-])c1. The van der Waals surface area contributed by atoms with E-state index in [0.29, 0.717) is 0 Å². The molecule has 0 bridgehead atoms. The van der Waals surface area contributed by atoms with Crippen molar-refractivity contribution in [3.05, 3.63) is 28.3 Å². The molecule has 0 saturated carbocycles. The van der Waals surface area contributed by atoms with E-state index in [4.69, 9.17) is 4.74 Å². The average Bonchev–Trinajstić information content (AvgIpc) is 3.04. The number of imide groups is 1. The van der Waals surface area contributed by atoms with Crippen molar-refractivity contribution in [3.63, 3.8) is 0 Å². The molecule has 1 aliphatic heterocycles. The molecule has 1 unspecified atom stereocenters. The van der Waals surface area contributed by atoms with Gasteiger partial charge in [-0.2, -0.15) is 4.31 Å². The van der Waals surface area contributed by atoms with Gasteiger partial charge in [-0.1, -0.05) is 13.8 Å². The van der Waals surface area contributed by atoms with Gasteiger partial charge in [0.2, 0.25) is 10.0 Å². The maximum absolute atomic E-state index is 12.6. The molecule has 1 fully saturated rings. The molecule has 1 aromatic carbocycles. The van der Waals surface area contributed by atoms with E-state index >= 15 is 0 Å². The normalized spacial score (nSPS) is 17.7. The van der Waals surface area contributed by atoms with E-state index in [1.165, 1.54) is 0 Å². The number of rotatable bonds is 9. The molecule has 0 radical (unpaired) electrons. The highest BCUT2D eigenvalue weighted by atomic mass is 32.2. The number of urea groups is 1. The van der Waals surface area contributed by atoms with Gasteiger partial charge < -0.3 is 10.1 Å². The Balaban J connectivity index is 2.03. The fraction of sp³-hybridized carbons (Fsp3) is 0.529. The summed E-state index contributed by atoms with van der Waals surface area (Å²) in [5.74, 6) is -1.57. The zero-order valence-electron chi connectivity index (χ0n) is 17.4. The molecule has 178 valence electrons. The van der Waals surface area contributed by atoms with Crippen molar-refractivity contribution in [2.24, 2.45) is 0 Å². The largest absolute Gasteiger partial charge is 0.477 e. The number of nitrogens with one attached hydrogen (secondary N) is 2. The van der Waals surface area contributed by atoms with Crippen LogP contribution in [0.15, 0.2) is 23.1 Å². The van der Waals surface area contributed by atoms with Gasteiger partial charge in [-0.15, -0.1) is 0 Å². The summed E-state index contributed by atoms with van der Waals surface area (Å²) in [5.41, 5.74) is -0.661. The van der Waals surface area contributed by atoms with Crippen LogP contribution < -0.4 is 15.4 Å². The summed E-state index contributed by atoms with van der Waals surface area (Å²) in [6.45, 7) is 2.86. The minimum atomic E-state index is -3.94. The molecule has 0 aromatic heterocycles. The molecular formula is C17H24N4O9S2. The van der Waals surface area contributed by atoms with Crippen LogP contribution in [0.2, 0.25) is 0 Å². The number of benzene rings is 1. The number of sulfonamides is 1. The van der Waals surface area contributed by atoms with Crippen molar-refractivity contribution >= 4 is 37.5 Å². The van der Waals surface area contributed by atoms with Crippen molar-refractivity contribution in [2.45, 2.75) is 31.2 Å². The van der Waals surface area contributed by atoms with E-state index in [-0.39, 0.29) is 41.7 Å². The molecule has 13 nitrogen and oxygen atoms in total. The summed E-state index contributed by atoms with van der Waals surface area (Å²) in [6.07, 6.45) is 0.232. The van der Waals surface area contributed by atoms with Gasteiger partial charge in [-0.05, 0) is 18.6 Å². The first-order valence-electron chi connectivity index (χ1n) is 9.61. The lowest BCUT2D eigenvalue weighted by Gasteiger charge is -2.18. The number of hydrogen-bond donors (Lipinski definition) is 2. The topological polar surface area (TPSA) is 182 Å². The Morgan fingerprint density at radius 3 is 2.47 bits per heavy atom. The quantitative estimate of drug-likeness (QED) is 0.354. The summed E-state index contributed by atoms with van der Waals surface area (Å²) < 4.78 is 54.2. The van der Waals surface area contributed by atoms with Crippen molar-refractivity contribution in [1.82, 2.24) is 14.9 Å². The summed E-state index contributed by atoms with van der Waals surface area (Å²) in [6, 6.07) is 1.49. The van der Waals surface area contributed by atoms with Gasteiger partial charge in [0.15, 0.2) is 22.2 Å². The van der Waals surface area contributed by atoms with Crippen LogP contribution in [-0.2, 0) is 24.7 Å². The first-order valence-corrected chi connectivity index (χ1v) is 12.9. The highest BCUT2D eigenvalue weighted by Gasteiger charge is 2.30. The summed E-state index contributed by atoms with van der Waals surface area (Å²) in [5, 5.41) is 15.7. The van der Waals surface area contributed by atoms with Gasteiger partial charge in [-0.25, -0.2) is 21.6 Å². The van der Waals surface area contributed by atoms with Gasteiger partial charge in [-0.3, -0.25) is 20.2 Å². The van der Waals surface area contributed by atoms with E-state index in [1.54, 1.807) is 13.8 Å². The zero-order chi connectivity index (χ0) is 24.1. The van der Waals surface area contributed by atoms with E-state index in [2.05, 4.69) is 5.32 Å². The minimum Gasteiger partial charge on any atom is -0.477 e. The van der Waals surface area contributed by atoms with Crippen LogP contribution >= 0.6 is 0 Å². The fourth-order valence-corrected chi connectivity index (χ4v) is 6.22. The molecule has 1 saturated heterocycles. The number of amides is 3. The van der Waals surface area contributed by atoms with Crippen molar-refractivity contribution in [1.29, 1.82) is 0 Å². The molecular weight excluding hydrogens is 468 g/mol. The minimum absolute atomic E-state index is 0.0569. The van der Waals surface area contributed by atoms with Crippen molar-refractivity contribution in [3.8, 4) is 5.75 Å². The number of carbonyl (C=O) groups is 2. The van der Waals surface area contributed by atoms with E-state index in [0.717, 1.165) is 22.5 Å². The summed E-state index contributed by atoms with van der Waals surface area (Å²) in [7, 11) is -7.16. The second-order valence-corrected chi connectivity index (χ2v) is 11.1. The number of nitrogens with zero attached hydrogens (tertiary/aromatic N) is 2. The van der Waals surface area contributed by atoms with Crippen LogP contribution in [0.3, 0.4) is 0 Å². The average molecular weight is 493 g/mol. The smallest absolute Gasteiger partial charge is 0.321 e. The lowest BCUT2D eigenvalue weighted by atomic mass is 10.3. The summed E-state index contributed by atoms with van der Waals surface area (Å²) >= 11 is 0. The molecule has 0 spiro atoms. The highest BCUT2D eigenvalue weighted by molar-refractivity contribution is 7.91. The lowest BCUT2D eigenvalue weighted by molar-refractivity contribution is -0.386. The highest BCUT2D eigenvalue weighted by Crippen LogP contribution is 2.30. The van der Waals surface area contributed by atoms with Gasteiger partial charge in [0.05, 0.1) is 21.3 Å². The number of nitro benzene ring substituents is 1. The van der Waals surface area contributed by atoms with Crippen LogP contribution in [0.5, 0.6) is 5.75 Å². The molecule has 1 aliphatic rings. The molecule has 1 aromatic rings. The molecule has 3 amide bonds. The Morgan fingerprint density at radius 2 is 1.94 bits per heavy atom. The second-order valence-electron chi connectivity index (χ2n) is 6.89. The predicted octanol–water partition coefficient (Wildman–Crippen LogP) is 0.0170. The maximum Gasteiger partial charge on any atom is 0.321 e. The molecule has 2 rings (SSSR count). The fourth-order valence-electron chi connectivity index (χ4n) is 3.07. The second kappa shape index (κ2) is 10.2.